The lowest BCUT2D eigenvalue weighted by Gasteiger charge is -2.30. The van der Waals surface area contributed by atoms with Crippen LogP contribution in [-0.4, -0.2) is 41.3 Å². The summed E-state index contributed by atoms with van der Waals surface area (Å²) in [6.45, 7) is 3.20. The molecular formula is C21H18BrN5OS. The molecule has 1 aromatic carbocycles. The molecule has 0 amide bonds. The van der Waals surface area contributed by atoms with Gasteiger partial charge in [-0.3, -0.25) is 0 Å². The molecule has 0 bridgehead atoms. The quantitative estimate of drug-likeness (QED) is 0.474. The molecule has 29 heavy (non-hydrogen) atoms. The number of pyridine rings is 1. The molecule has 1 saturated heterocycles. The van der Waals surface area contributed by atoms with E-state index in [9.17, 15) is 0 Å². The number of benzene rings is 1. The molecule has 5 rings (SSSR count). The molecular weight excluding hydrogens is 450 g/mol. The van der Waals surface area contributed by atoms with Crippen molar-refractivity contribution in [2.75, 3.05) is 36.9 Å². The molecule has 3 aromatic heterocycles. The maximum absolute atomic E-state index is 6.22. The maximum atomic E-state index is 6.22. The van der Waals surface area contributed by atoms with E-state index in [1.54, 1.807) is 11.3 Å². The van der Waals surface area contributed by atoms with Gasteiger partial charge in [0, 0.05) is 34.8 Å². The number of para-hydroxylation sites is 1. The summed E-state index contributed by atoms with van der Waals surface area (Å²) in [5.74, 6) is 0.440. The van der Waals surface area contributed by atoms with Crippen LogP contribution in [0.1, 0.15) is 0 Å². The number of nitrogen functional groups attached to an aromatic ring is 1. The molecule has 0 saturated carbocycles. The number of ether oxygens (including phenoxy) is 1. The Morgan fingerprint density at radius 1 is 1.03 bits per heavy atom. The van der Waals surface area contributed by atoms with Crippen LogP contribution >= 0.6 is 27.3 Å². The number of hydrogen-bond acceptors (Lipinski definition) is 7. The highest BCUT2D eigenvalue weighted by molar-refractivity contribution is 9.11. The minimum atomic E-state index is 0.440. The molecule has 0 aliphatic carbocycles. The third-order valence-electron chi connectivity index (χ3n) is 5.00. The number of nitrogens with zero attached hydrogens (tertiary/aromatic N) is 4. The molecule has 0 spiro atoms. The molecule has 4 aromatic rings. The maximum Gasteiger partial charge on any atom is 0.165 e. The summed E-state index contributed by atoms with van der Waals surface area (Å²) < 4.78 is 6.58. The summed E-state index contributed by atoms with van der Waals surface area (Å²) in [6, 6.07) is 14.6. The van der Waals surface area contributed by atoms with Crippen LogP contribution in [0.15, 0.2) is 52.6 Å². The zero-order valence-electron chi connectivity index (χ0n) is 15.5. The molecule has 4 heterocycles. The van der Waals surface area contributed by atoms with Gasteiger partial charge < -0.3 is 15.4 Å². The minimum absolute atomic E-state index is 0.440. The highest BCUT2D eigenvalue weighted by Gasteiger charge is 2.19. The zero-order chi connectivity index (χ0) is 19.8. The monoisotopic (exact) mass is 467 g/mol. The molecule has 2 N–H and O–H groups in total. The number of nitrogens with two attached hydrogens (primary N) is 1. The lowest BCUT2D eigenvalue weighted by atomic mass is 10.0. The van der Waals surface area contributed by atoms with Crippen molar-refractivity contribution < 1.29 is 4.74 Å². The SMILES string of the molecule is Nc1ncnc2nc(-c3ccccc3N3CCOCC3)cc(-c3ccc(Br)s3)c12. The van der Waals surface area contributed by atoms with Gasteiger partial charge in [0.05, 0.1) is 28.1 Å². The predicted molar refractivity (Wildman–Crippen MR) is 121 cm³/mol. The average Bonchev–Trinajstić information content (AvgIpc) is 3.20. The van der Waals surface area contributed by atoms with Crippen LogP contribution < -0.4 is 10.6 Å². The Morgan fingerprint density at radius 2 is 1.86 bits per heavy atom. The Bertz CT molecular complexity index is 1190. The van der Waals surface area contributed by atoms with E-state index in [1.807, 2.05) is 12.1 Å². The van der Waals surface area contributed by atoms with E-state index in [1.165, 1.54) is 6.33 Å². The van der Waals surface area contributed by atoms with Crippen molar-refractivity contribution in [3.63, 3.8) is 0 Å². The number of halogens is 1. The first-order valence-electron chi connectivity index (χ1n) is 9.30. The first-order valence-corrected chi connectivity index (χ1v) is 10.9. The Morgan fingerprint density at radius 3 is 2.66 bits per heavy atom. The van der Waals surface area contributed by atoms with Crippen LogP contribution in [0.4, 0.5) is 11.5 Å². The Balaban J connectivity index is 1.73. The molecule has 8 heteroatoms. The predicted octanol–water partition coefficient (Wildman–Crippen LogP) is 4.60. The molecule has 1 fully saturated rings. The van der Waals surface area contributed by atoms with Gasteiger partial charge in [-0.2, -0.15) is 0 Å². The summed E-state index contributed by atoms with van der Waals surface area (Å²) >= 11 is 5.21. The van der Waals surface area contributed by atoms with E-state index >= 15 is 0 Å². The summed E-state index contributed by atoms with van der Waals surface area (Å²) in [6.07, 6.45) is 1.47. The van der Waals surface area contributed by atoms with Crippen LogP contribution in [0.25, 0.3) is 32.7 Å². The van der Waals surface area contributed by atoms with Crippen LogP contribution in [0.5, 0.6) is 0 Å². The van der Waals surface area contributed by atoms with Crippen LogP contribution in [0, 0.1) is 0 Å². The van der Waals surface area contributed by atoms with Crippen LogP contribution in [-0.2, 0) is 4.74 Å². The fraction of sp³-hybridized carbons (Fsp3) is 0.190. The topological polar surface area (TPSA) is 77.2 Å². The fourth-order valence-electron chi connectivity index (χ4n) is 3.65. The van der Waals surface area contributed by atoms with Gasteiger partial charge in [0.15, 0.2) is 5.65 Å². The van der Waals surface area contributed by atoms with Crippen LogP contribution in [0.3, 0.4) is 0 Å². The highest BCUT2D eigenvalue weighted by atomic mass is 79.9. The third kappa shape index (κ3) is 3.48. The standard InChI is InChI=1S/C21H18BrN5OS/c22-18-6-5-17(29-18)14-11-15(26-21-19(14)20(23)24-12-25-21)13-3-1-2-4-16(13)27-7-9-28-10-8-27/h1-6,11-12H,7-10H2,(H2,23,24,25,26). The molecule has 0 radical (unpaired) electrons. The number of fused-ring (bicyclic) bond motifs is 1. The fourth-order valence-corrected chi connectivity index (χ4v) is 5.06. The van der Waals surface area contributed by atoms with Gasteiger partial charge in [0.1, 0.15) is 12.1 Å². The van der Waals surface area contributed by atoms with Crippen molar-refractivity contribution in [1.82, 2.24) is 15.0 Å². The molecule has 0 unspecified atom stereocenters. The van der Waals surface area contributed by atoms with Gasteiger partial charge in [0.2, 0.25) is 0 Å². The molecule has 1 aliphatic heterocycles. The highest BCUT2D eigenvalue weighted by Crippen LogP contribution is 2.40. The van der Waals surface area contributed by atoms with E-state index in [0.717, 1.165) is 62.9 Å². The van der Waals surface area contributed by atoms with Gasteiger partial charge in [-0.1, -0.05) is 18.2 Å². The lowest BCUT2D eigenvalue weighted by molar-refractivity contribution is 0.123. The van der Waals surface area contributed by atoms with Gasteiger partial charge in [0.25, 0.3) is 0 Å². The van der Waals surface area contributed by atoms with Gasteiger partial charge in [-0.25, -0.2) is 15.0 Å². The van der Waals surface area contributed by atoms with Crippen molar-refractivity contribution in [2.24, 2.45) is 0 Å². The van der Waals surface area contributed by atoms with E-state index in [2.05, 4.69) is 61.1 Å². The lowest BCUT2D eigenvalue weighted by Crippen LogP contribution is -2.36. The summed E-state index contributed by atoms with van der Waals surface area (Å²) in [4.78, 5) is 16.9. The van der Waals surface area contributed by atoms with E-state index in [4.69, 9.17) is 15.5 Å². The smallest absolute Gasteiger partial charge is 0.165 e. The largest absolute Gasteiger partial charge is 0.383 e. The number of morpholine rings is 1. The summed E-state index contributed by atoms with van der Waals surface area (Å²) in [5, 5.41) is 0.787. The first-order chi connectivity index (χ1) is 14.2. The van der Waals surface area contributed by atoms with E-state index in [0.29, 0.717) is 11.5 Å². The number of aromatic nitrogens is 3. The second-order valence-corrected chi connectivity index (χ2v) is 9.20. The number of hydrogen-bond donors (Lipinski definition) is 1. The normalized spacial score (nSPS) is 14.4. The summed E-state index contributed by atoms with van der Waals surface area (Å²) in [5.41, 5.74) is 10.9. The minimum Gasteiger partial charge on any atom is -0.383 e. The molecule has 146 valence electrons. The average molecular weight is 468 g/mol. The third-order valence-corrected chi connectivity index (χ3v) is 6.66. The zero-order valence-corrected chi connectivity index (χ0v) is 17.9. The number of rotatable bonds is 3. The Labute approximate surface area is 180 Å². The number of thiophene rings is 1. The second kappa shape index (κ2) is 7.70. The van der Waals surface area contributed by atoms with Crippen molar-refractivity contribution in [3.8, 4) is 21.7 Å². The van der Waals surface area contributed by atoms with Crippen LogP contribution in [0.2, 0.25) is 0 Å². The molecule has 1 aliphatic rings. The summed E-state index contributed by atoms with van der Waals surface area (Å²) in [7, 11) is 0. The molecule has 0 atom stereocenters. The second-order valence-electron chi connectivity index (χ2n) is 6.73. The van der Waals surface area contributed by atoms with Gasteiger partial charge >= 0.3 is 0 Å². The van der Waals surface area contributed by atoms with E-state index in [-0.39, 0.29) is 0 Å². The first kappa shape index (κ1) is 18.5. The van der Waals surface area contributed by atoms with Crippen molar-refractivity contribution >= 4 is 49.8 Å². The van der Waals surface area contributed by atoms with E-state index < -0.39 is 0 Å². The van der Waals surface area contributed by atoms with Crippen molar-refractivity contribution in [3.05, 3.63) is 52.6 Å². The van der Waals surface area contributed by atoms with Gasteiger partial charge in [-0.15, -0.1) is 11.3 Å². The van der Waals surface area contributed by atoms with Crippen molar-refractivity contribution in [1.29, 1.82) is 0 Å². The Kier molecular flexibility index (Phi) is 4.91. The van der Waals surface area contributed by atoms with Gasteiger partial charge in [-0.05, 0) is 40.2 Å². The van der Waals surface area contributed by atoms with Crippen molar-refractivity contribution in [2.45, 2.75) is 0 Å². The number of anilines is 2. The Hall–Kier alpha value is -2.55. The molecule has 6 nitrogen and oxygen atoms in total.